The van der Waals surface area contributed by atoms with Crippen LogP contribution >= 0.6 is 0 Å². The van der Waals surface area contributed by atoms with Crippen molar-refractivity contribution in [2.24, 2.45) is 5.16 Å². The summed E-state index contributed by atoms with van der Waals surface area (Å²) in [6.45, 7) is 0. The number of rotatable bonds is 1. The lowest BCUT2D eigenvalue weighted by molar-refractivity contribution is 0.318. The lowest BCUT2D eigenvalue weighted by Gasteiger charge is -2.06. The van der Waals surface area contributed by atoms with Gasteiger partial charge < -0.3 is 5.21 Å². The van der Waals surface area contributed by atoms with Gasteiger partial charge in [0, 0.05) is 6.42 Å². The predicted octanol–water partition coefficient (Wildman–Crippen LogP) is 0.548. The number of allylic oxidation sites excluding steroid dienone is 4. The van der Waals surface area contributed by atoms with Gasteiger partial charge in [0.05, 0.1) is 0 Å². The molecule has 0 radical (unpaired) electrons. The summed E-state index contributed by atoms with van der Waals surface area (Å²) < 4.78 is 29.9. The maximum Gasteiger partial charge on any atom is 0.296 e. The molecule has 0 atom stereocenters. The van der Waals surface area contributed by atoms with Gasteiger partial charge in [-0.15, -0.1) is 0 Å². The quantitative estimate of drug-likeness (QED) is 0.358. The largest absolute Gasteiger partial charge is 0.411 e. The summed E-state index contributed by atoms with van der Waals surface area (Å²) in [7, 11) is -4.27. The Morgan fingerprint density at radius 2 is 2.17 bits per heavy atom. The van der Waals surface area contributed by atoms with E-state index in [9.17, 15) is 8.42 Å². The SMILES string of the molecule is O=S(=O)(O)C1=CC=CCC1=NO. The lowest BCUT2D eigenvalue weighted by Crippen LogP contribution is -2.13. The first-order valence-electron chi connectivity index (χ1n) is 3.11. The summed E-state index contributed by atoms with van der Waals surface area (Å²) in [5, 5.41) is 11.1. The molecule has 0 saturated carbocycles. The third-order valence-electron chi connectivity index (χ3n) is 1.38. The second kappa shape index (κ2) is 3.08. The molecule has 0 spiro atoms. The number of hydrogen-bond acceptors (Lipinski definition) is 4. The standard InChI is InChI=1S/C6H7NO4S/c8-7-5-3-1-2-4-6(5)12(9,10)11/h1-2,4,8H,3H2,(H,9,10,11). The number of oxime groups is 1. The van der Waals surface area contributed by atoms with E-state index in [-0.39, 0.29) is 17.0 Å². The molecule has 0 aromatic rings. The minimum absolute atomic E-state index is 0.0556. The predicted molar refractivity (Wildman–Crippen MR) is 42.6 cm³/mol. The van der Waals surface area contributed by atoms with Crippen molar-refractivity contribution in [3.63, 3.8) is 0 Å². The minimum Gasteiger partial charge on any atom is -0.411 e. The first kappa shape index (κ1) is 8.95. The van der Waals surface area contributed by atoms with Gasteiger partial charge >= 0.3 is 0 Å². The normalized spacial score (nSPS) is 21.1. The first-order chi connectivity index (χ1) is 5.55. The second-order valence-electron chi connectivity index (χ2n) is 2.18. The summed E-state index contributed by atoms with van der Waals surface area (Å²) in [4.78, 5) is -0.354. The van der Waals surface area contributed by atoms with E-state index < -0.39 is 10.1 Å². The van der Waals surface area contributed by atoms with Gasteiger partial charge in [0.1, 0.15) is 10.6 Å². The third-order valence-corrected chi connectivity index (χ3v) is 2.31. The zero-order valence-corrected chi connectivity index (χ0v) is 6.82. The van der Waals surface area contributed by atoms with Gasteiger partial charge in [0.15, 0.2) is 0 Å². The Balaban J connectivity index is 3.18. The third kappa shape index (κ3) is 1.72. The molecule has 0 saturated heterocycles. The Kier molecular flexibility index (Phi) is 2.30. The molecule has 1 aliphatic carbocycles. The van der Waals surface area contributed by atoms with E-state index in [1.165, 1.54) is 12.2 Å². The molecule has 6 heteroatoms. The first-order valence-corrected chi connectivity index (χ1v) is 4.55. The minimum atomic E-state index is -4.27. The molecule has 0 unspecified atom stereocenters. The Bertz CT molecular complexity index is 363. The summed E-state index contributed by atoms with van der Waals surface area (Å²) >= 11 is 0. The molecule has 2 N–H and O–H groups in total. The van der Waals surface area contributed by atoms with Crippen LogP contribution in [0.4, 0.5) is 0 Å². The van der Waals surface area contributed by atoms with E-state index in [0.29, 0.717) is 0 Å². The maximum atomic E-state index is 10.6. The van der Waals surface area contributed by atoms with Crippen molar-refractivity contribution in [1.29, 1.82) is 0 Å². The van der Waals surface area contributed by atoms with Crippen molar-refractivity contribution in [2.75, 3.05) is 0 Å². The van der Waals surface area contributed by atoms with Gasteiger partial charge in [-0.2, -0.15) is 8.42 Å². The van der Waals surface area contributed by atoms with E-state index in [4.69, 9.17) is 9.76 Å². The summed E-state index contributed by atoms with van der Waals surface area (Å²) in [6, 6.07) is 0. The highest BCUT2D eigenvalue weighted by Gasteiger charge is 2.20. The molecule has 1 rings (SSSR count). The number of nitrogens with zero attached hydrogens (tertiary/aromatic N) is 1. The van der Waals surface area contributed by atoms with Crippen LogP contribution in [-0.4, -0.2) is 23.9 Å². The average Bonchev–Trinajstić information content (AvgIpc) is 2.03. The molecule has 5 nitrogen and oxygen atoms in total. The highest BCUT2D eigenvalue weighted by atomic mass is 32.2. The van der Waals surface area contributed by atoms with Crippen LogP contribution in [0.25, 0.3) is 0 Å². The molecule has 0 bridgehead atoms. The molecular formula is C6H7NO4S. The monoisotopic (exact) mass is 189 g/mol. The average molecular weight is 189 g/mol. The molecule has 0 fully saturated rings. The zero-order chi connectivity index (χ0) is 9.19. The fourth-order valence-corrected chi connectivity index (χ4v) is 1.53. The molecule has 0 amide bonds. The highest BCUT2D eigenvalue weighted by molar-refractivity contribution is 7.90. The van der Waals surface area contributed by atoms with E-state index in [1.54, 1.807) is 6.08 Å². The van der Waals surface area contributed by atoms with Gasteiger partial charge in [-0.25, -0.2) is 0 Å². The van der Waals surface area contributed by atoms with Crippen LogP contribution < -0.4 is 0 Å². The Hall–Kier alpha value is -1.14. The van der Waals surface area contributed by atoms with Crippen LogP contribution in [0, 0.1) is 0 Å². The van der Waals surface area contributed by atoms with Crippen molar-refractivity contribution in [2.45, 2.75) is 6.42 Å². The molecular weight excluding hydrogens is 182 g/mol. The lowest BCUT2D eigenvalue weighted by atomic mass is 10.1. The van der Waals surface area contributed by atoms with Crippen molar-refractivity contribution < 1.29 is 18.2 Å². The summed E-state index contributed by atoms with van der Waals surface area (Å²) in [6.07, 6.45) is 4.46. The van der Waals surface area contributed by atoms with Crippen molar-refractivity contribution in [3.8, 4) is 0 Å². The zero-order valence-electron chi connectivity index (χ0n) is 6.01. The Labute approximate surface area is 69.5 Å². The Morgan fingerprint density at radius 3 is 2.58 bits per heavy atom. The molecule has 0 heterocycles. The molecule has 66 valence electrons. The van der Waals surface area contributed by atoms with Gasteiger partial charge in [-0.05, 0) is 6.08 Å². The molecule has 12 heavy (non-hydrogen) atoms. The van der Waals surface area contributed by atoms with E-state index in [0.717, 1.165) is 0 Å². The fraction of sp³-hybridized carbons (Fsp3) is 0.167. The smallest absolute Gasteiger partial charge is 0.296 e. The van der Waals surface area contributed by atoms with Crippen LogP contribution in [-0.2, 0) is 10.1 Å². The topological polar surface area (TPSA) is 87.0 Å². The van der Waals surface area contributed by atoms with Gasteiger partial charge in [-0.1, -0.05) is 17.3 Å². The van der Waals surface area contributed by atoms with Gasteiger partial charge in [0.25, 0.3) is 10.1 Å². The van der Waals surface area contributed by atoms with Crippen LogP contribution in [0.3, 0.4) is 0 Å². The summed E-state index contributed by atoms with van der Waals surface area (Å²) in [5.74, 6) is 0. The fourth-order valence-electron chi connectivity index (χ4n) is 0.857. The van der Waals surface area contributed by atoms with Crippen LogP contribution in [0.2, 0.25) is 0 Å². The maximum absolute atomic E-state index is 10.6. The number of hydrogen-bond donors (Lipinski definition) is 2. The van der Waals surface area contributed by atoms with Crippen LogP contribution in [0.1, 0.15) is 6.42 Å². The Morgan fingerprint density at radius 1 is 1.50 bits per heavy atom. The van der Waals surface area contributed by atoms with Crippen molar-refractivity contribution in [1.82, 2.24) is 0 Å². The van der Waals surface area contributed by atoms with Gasteiger partial charge in [0.2, 0.25) is 0 Å². The molecule has 1 aliphatic rings. The van der Waals surface area contributed by atoms with Crippen molar-refractivity contribution in [3.05, 3.63) is 23.1 Å². The van der Waals surface area contributed by atoms with Crippen molar-refractivity contribution >= 4 is 15.8 Å². The highest BCUT2D eigenvalue weighted by Crippen LogP contribution is 2.14. The van der Waals surface area contributed by atoms with E-state index in [2.05, 4.69) is 5.16 Å². The van der Waals surface area contributed by atoms with E-state index in [1.807, 2.05) is 0 Å². The molecule has 0 aromatic carbocycles. The van der Waals surface area contributed by atoms with Crippen LogP contribution in [0.15, 0.2) is 28.3 Å². The van der Waals surface area contributed by atoms with E-state index >= 15 is 0 Å². The second-order valence-corrected chi connectivity index (χ2v) is 3.57. The molecule has 0 aliphatic heterocycles. The van der Waals surface area contributed by atoms with Gasteiger partial charge in [-0.3, -0.25) is 4.55 Å². The van der Waals surface area contributed by atoms with Crippen LogP contribution in [0.5, 0.6) is 0 Å². The molecule has 0 aromatic heterocycles. The summed E-state index contributed by atoms with van der Waals surface area (Å²) in [5.41, 5.74) is -0.0556.